The van der Waals surface area contributed by atoms with Crippen molar-refractivity contribution in [2.75, 3.05) is 9.80 Å². The Labute approximate surface area is 406 Å². The van der Waals surface area contributed by atoms with E-state index in [4.69, 9.17) is 0 Å². The number of para-hydroxylation sites is 2. The zero-order valence-electron chi connectivity index (χ0n) is 39.8. The lowest BCUT2D eigenvalue weighted by atomic mass is 9.80. The first-order valence-electron chi connectivity index (χ1n) is 25.6. The molecule has 334 valence electrons. The second-order valence-electron chi connectivity index (χ2n) is 20.8. The summed E-state index contributed by atoms with van der Waals surface area (Å²) in [4.78, 5) is 5.27. The number of anilines is 4. The molecule has 9 aromatic carbocycles. The largest absolute Gasteiger partial charge is 0.314 e. The van der Waals surface area contributed by atoms with Crippen molar-refractivity contribution in [3.8, 4) is 33.4 Å². The topological polar surface area (TPSA) is 6.48 Å². The van der Waals surface area contributed by atoms with E-state index >= 15 is 0 Å². The predicted octanol–water partition coefficient (Wildman–Crippen LogP) is 18.4. The minimum absolute atomic E-state index is 0.121. The number of aryl methyl sites for hydroxylation is 2. The average Bonchev–Trinajstić information content (AvgIpc) is 3.51. The summed E-state index contributed by atoms with van der Waals surface area (Å²) in [6.07, 6.45) is 16.2. The molecule has 2 heterocycles. The zero-order chi connectivity index (χ0) is 45.8. The van der Waals surface area contributed by atoms with Crippen molar-refractivity contribution in [1.82, 2.24) is 0 Å². The van der Waals surface area contributed by atoms with Crippen molar-refractivity contribution in [3.63, 3.8) is 0 Å². The minimum Gasteiger partial charge on any atom is -0.314 e. The Morgan fingerprint density at radius 1 is 0.420 bits per heavy atom. The Morgan fingerprint density at radius 3 is 1.83 bits per heavy atom. The van der Waals surface area contributed by atoms with Gasteiger partial charge in [0.05, 0.1) is 0 Å². The molecule has 0 bridgehead atoms. The predicted molar refractivity (Wildman–Crippen MR) is 292 cm³/mol. The van der Waals surface area contributed by atoms with E-state index < -0.39 is 0 Å². The van der Waals surface area contributed by atoms with Crippen molar-refractivity contribution >= 4 is 55.1 Å². The molecule has 0 fully saturated rings. The van der Waals surface area contributed by atoms with Crippen LogP contribution in [0.1, 0.15) is 87.5 Å². The van der Waals surface area contributed by atoms with Gasteiger partial charge in [-0.05, 0) is 218 Å². The number of hydrogen-bond donors (Lipinski definition) is 0. The molecule has 14 rings (SSSR count). The third-order valence-corrected chi connectivity index (χ3v) is 16.7. The molecule has 0 saturated carbocycles. The van der Waals surface area contributed by atoms with E-state index in [1.807, 2.05) is 0 Å². The normalized spacial score (nSPS) is 17.0. The molecule has 0 radical (unpaired) electrons. The number of hydrogen-bond acceptors (Lipinski definition) is 2. The molecule has 2 nitrogen and oxygen atoms in total. The average molecular weight is 889 g/mol. The smallest absolute Gasteiger partial charge is 0.0493 e. The van der Waals surface area contributed by atoms with Crippen LogP contribution in [0, 0.1) is 0 Å². The summed E-state index contributed by atoms with van der Waals surface area (Å²) in [6, 6.07) is 65.8. The molecule has 0 aromatic heterocycles. The Morgan fingerprint density at radius 2 is 1.03 bits per heavy atom. The van der Waals surface area contributed by atoms with E-state index in [1.54, 1.807) is 11.1 Å². The molecule has 0 N–H and O–H groups in total. The molecule has 0 amide bonds. The van der Waals surface area contributed by atoms with Crippen LogP contribution in [0.3, 0.4) is 0 Å². The van der Waals surface area contributed by atoms with Gasteiger partial charge in [0.25, 0.3) is 0 Å². The van der Waals surface area contributed by atoms with E-state index in [0.29, 0.717) is 0 Å². The summed E-state index contributed by atoms with van der Waals surface area (Å²) in [5.41, 5.74) is 24.5. The molecule has 9 aromatic rings. The zero-order valence-corrected chi connectivity index (χ0v) is 39.8. The molecule has 2 aliphatic heterocycles. The second kappa shape index (κ2) is 15.8. The van der Waals surface area contributed by atoms with Gasteiger partial charge in [0.15, 0.2) is 0 Å². The third kappa shape index (κ3) is 6.38. The molecular weight excluding hydrogens is 833 g/mol. The fourth-order valence-corrected chi connectivity index (χ4v) is 13.3. The van der Waals surface area contributed by atoms with Gasteiger partial charge in [0, 0.05) is 39.6 Å². The first-order valence-corrected chi connectivity index (χ1v) is 25.6. The fraction of sp³-hybridized carbons (Fsp3) is 0.194. The number of nitrogens with zero attached hydrogens (tertiary/aromatic N) is 2. The van der Waals surface area contributed by atoms with Crippen molar-refractivity contribution < 1.29 is 0 Å². The summed E-state index contributed by atoms with van der Waals surface area (Å²) < 4.78 is 0. The van der Waals surface area contributed by atoms with Gasteiger partial charge in [-0.3, -0.25) is 0 Å². The van der Waals surface area contributed by atoms with Gasteiger partial charge < -0.3 is 9.80 Å². The van der Waals surface area contributed by atoms with E-state index in [0.717, 1.165) is 44.9 Å². The van der Waals surface area contributed by atoms with Gasteiger partial charge in [0.1, 0.15) is 0 Å². The van der Waals surface area contributed by atoms with Crippen molar-refractivity contribution in [3.05, 3.63) is 227 Å². The van der Waals surface area contributed by atoms with Gasteiger partial charge in [-0.25, -0.2) is 0 Å². The number of allylic oxidation sites excluding steroid dienone is 5. The third-order valence-electron chi connectivity index (χ3n) is 16.7. The van der Waals surface area contributed by atoms with E-state index in [9.17, 15) is 0 Å². The molecule has 2 heteroatoms. The number of rotatable bonds is 4. The molecule has 0 spiro atoms. The number of fused-ring (bicyclic) bond motifs is 8. The van der Waals surface area contributed by atoms with Crippen LogP contribution in [0.2, 0.25) is 0 Å². The lowest BCUT2D eigenvalue weighted by Gasteiger charge is -2.33. The standard InChI is InChI=1S/C67H56N2/c1-67(2)59-22-10-9-21-53(59)54-36-33-50(40-60(54)67)65-55-37-34-51(68-61-23-11-5-16-44(61)28-29-45-17-6-12-24-62(45)68)41-57(55)66(49-32-27-43-15-3-4-20-48(43)39-49)58-42-52(35-38-56(58)65)69-63-25-13-7-18-46(63)30-31-47-19-8-14-26-64(47)69/h3-5,7,9-13,15-16,18,20-25,27,32-42H,6,8,14,17,19,26,28-31H2,1-2H3. The SMILES string of the molecule is CC1(C)c2ccccc2-c2ccc(-c3c4ccc(N5C6=C(CCC=C6)CCc6ccccc65)cc4c(-c4ccc5ccccc5c4)c4cc(N5C6=C(CCCC6)CCc6ccccc65)ccc34)cc21. The van der Waals surface area contributed by atoms with Crippen LogP contribution in [-0.2, 0) is 18.3 Å². The van der Waals surface area contributed by atoms with E-state index in [2.05, 4.69) is 206 Å². The van der Waals surface area contributed by atoms with Gasteiger partial charge in [0.2, 0.25) is 0 Å². The quantitative estimate of drug-likeness (QED) is 0.162. The summed E-state index contributed by atoms with van der Waals surface area (Å²) in [5, 5.41) is 7.66. The van der Waals surface area contributed by atoms with Crippen molar-refractivity contribution in [1.29, 1.82) is 0 Å². The molecule has 0 atom stereocenters. The molecular formula is C67H56N2. The van der Waals surface area contributed by atoms with Crippen molar-refractivity contribution in [2.24, 2.45) is 0 Å². The first-order chi connectivity index (χ1) is 34.0. The lowest BCUT2D eigenvalue weighted by molar-refractivity contribution is 0.644. The molecule has 5 aliphatic rings. The Balaban J connectivity index is 1.10. The summed E-state index contributed by atoms with van der Waals surface area (Å²) in [7, 11) is 0. The monoisotopic (exact) mass is 888 g/mol. The van der Waals surface area contributed by atoms with Crippen LogP contribution in [0.25, 0.3) is 65.7 Å². The highest BCUT2D eigenvalue weighted by Crippen LogP contribution is 2.54. The Kier molecular flexibility index (Phi) is 9.32. The highest BCUT2D eigenvalue weighted by Gasteiger charge is 2.36. The van der Waals surface area contributed by atoms with Crippen LogP contribution in [0.15, 0.2) is 205 Å². The number of benzene rings is 9. The highest BCUT2D eigenvalue weighted by atomic mass is 15.2. The molecule has 3 aliphatic carbocycles. The van der Waals surface area contributed by atoms with E-state index in [1.165, 1.54) is 141 Å². The highest BCUT2D eigenvalue weighted by molar-refractivity contribution is 6.23. The maximum atomic E-state index is 2.67. The van der Waals surface area contributed by atoms with Crippen LogP contribution in [-0.4, -0.2) is 0 Å². The molecule has 69 heavy (non-hydrogen) atoms. The minimum atomic E-state index is -0.121. The summed E-state index contributed by atoms with van der Waals surface area (Å²) >= 11 is 0. The maximum Gasteiger partial charge on any atom is 0.0493 e. The molecule has 0 unspecified atom stereocenters. The van der Waals surface area contributed by atoms with Crippen LogP contribution in [0.4, 0.5) is 22.7 Å². The van der Waals surface area contributed by atoms with Crippen LogP contribution < -0.4 is 9.80 Å². The van der Waals surface area contributed by atoms with Gasteiger partial charge in [-0.15, -0.1) is 0 Å². The van der Waals surface area contributed by atoms with E-state index in [-0.39, 0.29) is 5.41 Å². The van der Waals surface area contributed by atoms with Gasteiger partial charge in [-0.2, -0.15) is 0 Å². The first kappa shape index (κ1) is 40.6. The summed E-state index contributed by atoms with van der Waals surface area (Å²) in [6.45, 7) is 4.82. The van der Waals surface area contributed by atoms with Crippen LogP contribution in [0.5, 0.6) is 0 Å². The maximum absolute atomic E-state index is 2.67. The Bertz CT molecular complexity index is 3720. The summed E-state index contributed by atoms with van der Waals surface area (Å²) in [5.74, 6) is 0. The van der Waals surface area contributed by atoms with Crippen molar-refractivity contribution in [2.45, 2.75) is 83.5 Å². The lowest BCUT2D eigenvalue weighted by Crippen LogP contribution is -2.20. The van der Waals surface area contributed by atoms with Gasteiger partial charge in [-0.1, -0.05) is 141 Å². The second-order valence-corrected chi connectivity index (χ2v) is 20.8. The fourth-order valence-electron chi connectivity index (χ4n) is 13.3. The van der Waals surface area contributed by atoms with Gasteiger partial charge >= 0.3 is 0 Å². The van der Waals surface area contributed by atoms with Crippen LogP contribution >= 0.6 is 0 Å². The Hall–Kier alpha value is -7.42. The molecule has 0 saturated heterocycles.